The second kappa shape index (κ2) is 5.02. The highest BCUT2D eigenvalue weighted by molar-refractivity contribution is 6.65. The van der Waals surface area contributed by atoms with Crippen molar-refractivity contribution in [3.8, 4) is 0 Å². The summed E-state index contributed by atoms with van der Waals surface area (Å²) in [4.78, 5) is 15.4. The van der Waals surface area contributed by atoms with Gasteiger partial charge in [0.2, 0.25) is 0 Å². The fourth-order valence-corrected chi connectivity index (χ4v) is 2.05. The molecule has 0 radical (unpaired) electrons. The zero-order valence-corrected chi connectivity index (χ0v) is 12.9. The molecule has 1 aliphatic heterocycles. The molecular weight excluding hydrogens is 280 g/mol. The number of ether oxygens (including phenoxy) is 1. The normalized spacial score (nSPS) is 20.0. The van der Waals surface area contributed by atoms with Gasteiger partial charge in [0.05, 0.1) is 18.3 Å². The lowest BCUT2D eigenvalue weighted by molar-refractivity contribution is 0.00578. The second-order valence-electron chi connectivity index (χ2n) is 5.66. The first-order valence-electron chi connectivity index (χ1n) is 6.28. The Kier molecular flexibility index (Phi) is 3.84. The Labute approximate surface area is 123 Å². The van der Waals surface area contributed by atoms with E-state index >= 15 is 0 Å². The zero-order chi connectivity index (χ0) is 15.1. The first-order valence-corrected chi connectivity index (χ1v) is 6.66. The van der Waals surface area contributed by atoms with Gasteiger partial charge < -0.3 is 14.0 Å². The molecule has 1 saturated heterocycles. The fourth-order valence-electron chi connectivity index (χ4n) is 1.81. The van der Waals surface area contributed by atoms with Crippen LogP contribution in [0, 0.1) is 0 Å². The molecule has 0 aliphatic carbocycles. The molecule has 7 heteroatoms. The molecule has 1 aromatic rings. The summed E-state index contributed by atoms with van der Waals surface area (Å²) in [5, 5.41) is 0.173. The maximum atomic E-state index is 11.4. The van der Waals surface area contributed by atoms with E-state index in [1.807, 2.05) is 27.7 Å². The first kappa shape index (κ1) is 15.3. The van der Waals surface area contributed by atoms with E-state index in [1.165, 1.54) is 13.2 Å². The van der Waals surface area contributed by atoms with E-state index in [9.17, 15) is 4.79 Å². The quantitative estimate of drug-likeness (QED) is 0.473. The molecule has 5 nitrogen and oxygen atoms in total. The van der Waals surface area contributed by atoms with Crippen molar-refractivity contribution < 1.29 is 18.8 Å². The van der Waals surface area contributed by atoms with Gasteiger partial charge >= 0.3 is 13.1 Å². The third-order valence-electron chi connectivity index (χ3n) is 3.78. The summed E-state index contributed by atoms with van der Waals surface area (Å²) in [7, 11) is 0.687. The Bertz CT molecular complexity index is 531. The van der Waals surface area contributed by atoms with E-state index in [2.05, 4.69) is 9.72 Å². The molecule has 0 bridgehead atoms. The molecule has 0 saturated carbocycles. The molecule has 108 valence electrons. The maximum absolute atomic E-state index is 11.4. The van der Waals surface area contributed by atoms with Crippen molar-refractivity contribution in [3.05, 3.63) is 23.0 Å². The third kappa shape index (κ3) is 2.55. The van der Waals surface area contributed by atoms with Crippen LogP contribution in [0.3, 0.4) is 0 Å². The number of carbonyl (C=O) groups excluding carboxylic acids is 1. The van der Waals surface area contributed by atoms with Gasteiger partial charge in [-0.1, -0.05) is 17.7 Å². The molecule has 1 aromatic heterocycles. The number of hydrogen-bond acceptors (Lipinski definition) is 5. The summed E-state index contributed by atoms with van der Waals surface area (Å²) in [6, 6.07) is 3.21. The van der Waals surface area contributed by atoms with Crippen molar-refractivity contribution in [2.24, 2.45) is 0 Å². The van der Waals surface area contributed by atoms with Gasteiger partial charge in [0.15, 0.2) is 0 Å². The maximum Gasteiger partial charge on any atom is 0.498 e. The summed E-state index contributed by atoms with van der Waals surface area (Å²) >= 11 is 6.12. The van der Waals surface area contributed by atoms with Crippen LogP contribution in [0.5, 0.6) is 0 Å². The molecule has 0 unspecified atom stereocenters. The van der Waals surface area contributed by atoms with Gasteiger partial charge in [-0.3, -0.25) is 0 Å². The molecule has 1 aliphatic rings. The SMILES string of the molecule is COC(=O)c1ccc(B2OC(C)(C)C(C)(C)O2)c(Cl)n1. The van der Waals surface area contributed by atoms with Crippen LogP contribution in [0.15, 0.2) is 12.1 Å². The fraction of sp³-hybridized carbons (Fsp3) is 0.538. The second-order valence-corrected chi connectivity index (χ2v) is 6.01. The summed E-state index contributed by atoms with van der Waals surface area (Å²) in [5.41, 5.74) is -0.167. The van der Waals surface area contributed by atoms with Gasteiger partial charge in [-0.2, -0.15) is 0 Å². The summed E-state index contributed by atoms with van der Waals surface area (Å²) < 4.78 is 16.4. The first-order chi connectivity index (χ1) is 9.18. The Hall–Kier alpha value is -1.11. The van der Waals surface area contributed by atoms with Gasteiger partial charge in [0.25, 0.3) is 0 Å². The number of halogens is 1. The summed E-state index contributed by atoms with van der Waals surface area (Å²) in [6.45, 7) is 7.82. The van der Waals surface area contributed by atoms with E-state index in [0.29, 0.717) is 5.46 Å². The Morgan fingerprint density at radius 1 is 1.25 bits per heavy atom. The zero-order valence-electron chi connectivity index (χ0n) is 12.2. The average molecular weight is 298 g/mol. The molecule has 1 fully saturated rings. The van der Waals surface area contributed by atoms with Crippen LogP contribution in [0.25, 0.3) is 0 Å². The number of hydrogen-bond donors (Lipinski definition) is 0. The average Bonchev–Trinajstić information content (AvgIpc) is 2.57. The minimum atomic E-state index is -0.605. The lowest BCUT2D eigenvalue weighted by Crippen LogP contribution is -2.41. The van der Waals surface area contributed by atoms with Crippen molar-refractivity contribution in [3.63, 3.8) is 0 Å². The smallest absolute Gasteiger partial charge is 0.464 e. The monoisotopic (exact) mass is 297 g/mol. The van der Waals surface area contributed by atoms with Gasteiger partial charge in [0, 0.05) is 5.46 Å². The predicted octanol–water partition coefficient (Wildman–Crippen LogP) is 1.82. The van der Waals surface area contributed by atoms with Crippen molar-refractivity contribution in [1.82, 2.24) is 4.98 Å². The van der Waals surface area contributed by atoms with E-state index in [0.717, 1.165) is 0 Å². The molecule has 0 spiro atoms. The van der Waals surface area contributed by atoms with Crippen LogP contribution in [0.2, 0.25) is 5.15 Å². The molecule has 0 atom stereocenters. The Morgan fingerprint density at radius 2 is 1.80 bits per heavy atom. The predicted molar refractivity (Wildman–Crippen MR) is 76.3 cm³/mol. The highest BCUT2D eigenvalue weighted by atomic mass is 35.5. The summed E-state index contributed by atoms with van der Waals surface area (Å²) in [5.74, 6) is -0.535. The van der Waals surface area contributed by atoms with E-state index in [-0.39, 0.29) is 10.8 Å². The van der Waals surface area contributed by atoms with E-state index < -0.39 is 24.3 Å². The minimum absolute atomic E-state index is 0.151. The van der Waals surface area contributed by atoms with Gasteiger partial charge in [-0.15, -0.1) is 0 Å². The number of carbonyl (C=O) groups is 1. The van der Waals surface area contributed by atoms with Crippen molar-refractivity contribution in [2.75, 3.05) is 7.11 Å². The molecule has 2 heterocycles. The van der Waals surface area contributed by atoms with Gasteiger partial charge in [-0.05, 0) is 33.8 Å². The van der Waals surface area contributed by atoms with E-state index in [1.54, 1.807) is 6.07 Å². The molecule has 20 heavy (non-hydrogen) atoms. The minimum Gasteiger partial charge on any atom is -0.464 e. The molecule has 0 amide bonds. The number of methoxy groups -OCH3 is 1. The van der Waals surface area contributed by atoms with Crippen molar-refractivity contribution >= 4 is 30.2 Å². The number of aromatic nitrogens is 1. The molecule has 0 aromatic carbocycles. The molecule has 2 rings (SSSR count). The number of rotatable bonds is 2. The van der Waals surface area contributed by atoms with E-state index in [4.69, 9.17) is 20.9 Å². The lowest BCUT2D eigenvalue weighted by atomic mass is 9.80. The van der Waals surface area contributed by atoms with Crippen LogP contribution in [0.4, 0.5) is 0 Å². The number of esters is 1. The summed E-state index contributed by atoms with van der Waals surface area (Å²) in [6.07, 6.45) is 0. The highest BCUT2D eigenvalue weighted by Gasteiger charge is 2.52. The van der Waals surface area contributed by atoms with Gasteiger partial charge in [0.1, 0.15) is 10.8 Å². The van der Waals surface area contributed by atoms with Crippen LogP contribution < -0.4 is 5.46 Å². The van der Waals surface area contributed by atoms with Crippen LogP contribution >= 0.6 is 11.6 Å². The molecular formula is C13H17BClNO4. The van der Waals surface area contributed by atoms with Crippen LogP contribution in [0.1, 0.15) is 38.2 Å². The Balaban J connectivity index is 2.30. The Morgan fingerprint density at radius 3 is 2.25 bits per heavy atom. The third-order valence-corrected chi connectivity index (χ3v) is 4.08. The van der Waals surface area contributed by atoms with Crippen molar-refractivity contribution in [2.45, 2.75) is 38.9 Å². The van der Waals surface area contributed by atoms with Gasteiger partial charge in [-0.25, -0.2) is 9.78 Å². The van der Waals surface area contributed by atoms with Crippen LogP contribution in [-0.4, -0.2) is 36.4 Å². The lowest BCUT2D eigenvalue weighted by Gasteiger charge is -2.32. The highest BCUT2D eigenvalue weighted by Crippen LogP contribution is 2.36. The molecule has 0 N–H and O–H groups in total. The standard InChI is InChI=1S/C13H17BClNO4/c1-12(2)13(3,4)20-14(19-12)8-6-7-9(11(17)18-5)16-10(8)15/h6-7H,1-5H3. The number of pyridine rings is 1. The van der Waals surface area contributed by atoms with Crippen molar-refractivity contribution in [1.29, 1.82) is 0 Å². The van der Waals surface area contributed by atoms with Crippen LogP contribution in [-0.2, 0) is 14.0 Å². The number of nitrogens with zero attached hydrogens (tertiary/aromatic N) is 1. The topological polar surface area (TPSA) is 57.7 Å². The largest absolute Gasteiger partial charge is 0.498 e.